The van der Waals surface area contributed by atoms with Crippen molar-refractivity contribution in [1.82, 2.24) is 19.1 Å². The summed E-state index contributed by atoms with van der Waals surface area (Å²) in [5, 5.41) is 3.40. The number of imidazole rings is 2. The van der Waals surface area contributed by atoms with E-state index in [4.69, 9.17) is 0 Å². The summed E-state index contributed by atoms with van der Waals surface area (Å²) >= 11 is 0. The molecule has 5 nitrogen and oxygen atoms in total. The maximum atomic E-state index is 4.30. The van der Waals surface area contributed by atoms with E-state index in [2.05, 4.69) is 44.1 Å². The minimum absolute atomic E-state index is 0.720. The first-order valence-corrected chi connectivity index (χ1v) is 6.56. The Balaban J connectivity index is 1.67. The van der Waals surface area contributed by atoms with E-state index >= 15 is 0 Å². The minimum Gasteiger partial charge on any atom is -0.378 e. The molecular formula is C15H17N5. The predicted molar refractivity (Wildman–Crippen MR) is 78.3 cm³/mol. The first-order chi connectivity index (χ1) is 9.81. The van der Waals surface area contributed by atoms with Crippen molar-refractivity contribution in [3.05, 3.63) is 66.8 Å². The van der Waals surface area contributed by atoms with Gasteiger partial charge in [0.1, 0.15) is 5.82 Å². The van der Waals surface area contributed by atoms with Gasteiger partial charge in [0.15, 0.2) is 0 Å². The van der Waals surface area contributed by atoms with Gasteiger partial charge in [0.25, 0.3) is 0 Å². The Morgan fingerprint density at radius 2 is 2.15 bits per heavy atom. The Kier molecular flexibility index (Phi) is 3.50. The highest BCUT2D eigenvalue weighted by Crippen LogP contribution is 2.13. The van der Waals surface area contributed by atoms with Crippen LogP contribution in [-0.2, 0) is 20.1 Å². The molecule has 3 aromatic rings. The van der Waals surface area contributed by atoms with Crippen molar-refractivity contribution in [2.75, 3.05) is 5.32 Å². The van der Waals surface area contributed by atoms with Crippen molar-refractivity contribution in [1.29, 1.82) is 0 Å². The highest BCUT2D eigenvalue weighted by atomic mass is 15.1. The summed E-state index contributed by atoms with van der Waals surface area (Å²) in [5.74, 6) is 1.02. The van der Waals surface area contributed by atoms with Crippen LogP contribution in [0.15, 0.2) is 55.4 Å². The van der Waals surface area contributed by atoms with Crippen LogP contribution in [0.1, 0.15) is 11.4 Å². The van der Waals surface area contributed by atoms with Gasteiger partial charge in [-0.2, -0.15) is 0 Å². The van der Waals surface area contributed by atoms with Gasteiger partial charge in [0, 0.05) is 44.1 Å². The summed E-state index contributed by atoms with van der Waals surface area (Å²) < 4.78 is 4.07. The lowest BCUT2D eigenvalue weighted by Gasteiger charge is -2.09. The topological polar surface area (TPSA) is 47.7 Å². The molecule has 0 radical (unpaired) electrons. The normalized spacial score (nSPS) is 10.7. The average molecular weight is 267 g/mol. The third kappa shape index (κ3) is 2.88. The van der Waals surface area contributed by atoms with Crippen molar-refractivity contribution in [2.24, 2.45) is 7.05 Å². The van der Waals surface area contributed by atoms with Crippen LogP contribution in [-0.4, -0.2) is 19.1 Å². The lowest BCUT2D eigenvalue weighted by molar-refractivity contribution is 0.796. The fourth-order valence-corrected chi connectivity index (χ4v) is 2.12. The molecule has 0 saturated carbocycles. The molecule has 102 valence electrons. The monoisotopic (exact) mass is 267 g/mol. The van der Waals surface area contributed by atoms with E-state index in [1.807, 2.05) is 36.5 Å². The zero-order valence-electron chi connectivity index (χ0n) is 11.4. The number of hydrogen-bond acceptors (Lipinski definition) is 3. The molecule has 0 saturated heterocycles. The van der Waals surface area contributed by atoms with Crippen LogP contribution in [0.5, 0.6) is 0 Å². The second-order valence-corrected chi connectivity index (χ2v) is 4.74. The van der Waals surface area contributed by atoms with Gasteiger partial charge in [-0.1, -0.05) is 12.1 Å². The number of benzene rings is 1. The van der Waals surface area contributed by atoms with E-state index in [-0.39, 0.29) is 0 Å². The predicted octanol–water partition coefficient (Wildman–Crippen LogP) is 2.28. The Labute approximate surface area is 117 Å². The van der Waals surface area contributed by atoms with Crippen molar-refractivity contribution in [3.8, 4) is 0 Å². The van der Waals surface area contributed by atoms with E-state index in [0.717, 1.165) is 24.6 Å². The number of nitrogens with one attached hydrogen (secondary N) is 1. The molecule has 0 spiro atoms. The first kappa shape index (κ1) is 12.5. The molecule has 0 amide bonds. The zero-order valence-corrected chi connectivity index (χ0v) is 11.4. The lowest BCUT2D eigenvalue weighted by Crippen LogP contribution is -2.06. The second-order valence-electron chi connectivity index (χ2n) is 4.74. The molecule has 3 rings (SSSR count). The van der Waals surface area contributed by atoms with E-state index in [1.165, 1.54) is 5.56 Å². The smallest absolute Gasteiger partial charge is 0.127 e. The Hall–Kier alpha value is -2.56. The molecule has 2 aromatic heterocycles. The summed E-state index contributed by atoms with van der Waals surface area (Å²) in [4.78, 5) is 8.36. The molecule has 0 unspecified atom stereocenters. The minimum atomic E-state index is 0.720. The van der Waals surface area contributed by atoms with Gasteiger partial charge >= 0.3 is 0 Å². The molecule has 2 heterocycles. The Morgan fingerprint density at radius 1 is 1.20 bits per heavy atom. The molecular weight excluding hydrogens is 250 g/mol. The van der Waals surface area contributed by atoms with Gasteiger partial charge in [-0.15, -0.1) is 0 Å². The number of aryl methyl sites for hydroxylation is 1. The van der Waals surface area contributed by atoms with Gasteiger partial charge in [0.05, 0.1) is 12.9 Å². The largest absolute Gasteiger partial charge is 0.378 e. The molecule has 0 fully saturated rings. The quantitative estimate of drug-likeness (QED) is 0.771. The van der Waals surface area contributed by atoms with Crippen LogP contribution in [0, 0.1) is 0 Å². The summed E-state index contributed by atoms with van der Waals surface area (Å²) in [6, 6.07) is 8.41. The van der Waals surface area contributed by atoms with E-state index in [9.17, 15) is 0 Å². The van der Waals surface area contributed by atoms with E-state index < -0.39 is 0 Å². The second kappa shape index (κ2) is 5.61. The van der Waals surface area contributed by atoms with Crippen LogP contribution in [0.3, 0.4) is 0 Å². The van der Waals surface area contributed by atoms with Crippen LogP contribution in [0.2, 0.25) is 0 Å². The van der Waals surface area contributed by atoms with Crippen LogP contribution >= 0.6 is 0 Å². The molecule has 0 atom stereocenters. The number of nitrogens with zero attached hydrogens (tertiary/aromatic N) is 4. The molecule has 0 bridgehead atoms. The summed E-state index contributed by atoms with van der Waals surface area (Å²) in [6.07, 6.45) is 9.35. The fraction of sp³-hybridized carbons (Fsp3) is 0.200. The number of rotatable bonds is 5. The molecule has 20 heavy (non-hydrogen) atoms. The molecule has 0 aliphatic carbocycles. The van der Waals surface area contributed by atoms with Gasteiger partial charge in [-0.25, -0.2) is 9.97 Å². The van der Waals surface area contributed by atoms with Gasteiger partial charge in [-0.05, 0) is 17.7 Å². The molecule has 0 aliphatic rings. The van der Waals surface area contributed by atoms with Crippen molar-refractivity contribution < 1.29 is 0 Å². The molecule has 1 aromatic carbocycles. The number of anilines is 1. The van der Waals surface area contributed by atoms with E-state index in [1.54, 1.807) is 6.20 Å². The van der Waals surface area contributed by atoms with Crippen molar-refractivity contribution in [3.63, 3.8) is 0 Å². The Morgan fingerprint density at radius 3 is 2.90 bits per heavy atom. The van der Waals surface area contributed by atoms with Gasteiger partial charge < -0.3 is 14.5 Å². The third-order valence-electron chi connectivity index (χ3n) is 3.22. The van der Waals surface area contributed by atoms with Crippen LogP contribution in [0.25, 0.3) is 0 Å². The summed E-state index contributed by atoms with van der Waals surface area (Å²) in [7, 11) is 2.00. The number of hydrogen-bond donors (Lipinski definition) is 1. The lowest BCUT2D eigenvalue weighted by atomic mass is 10.2. The highest BCUT2D eigenvalue weighted by molar-refractivity contribution is 5.45. The fourth-order valence-electron chi connectivity index (χ4n) is 2.12. The molecule has 0 aliphatic heterocycles. The highest BCUT2D eigenvalue weighted by Gasteiger charge is 2.00. The zero-order chi connectivity index (χ0) is 13.8. The SMILES string of the molecule is Cn1ccnc1CNc1cccc(Cn2ccnc2)c1. The first-order valence-electron chi connectivity index (χ1n) is 6.56. The van der Waals surface area contributed by atoms with Crippen molar-refractivity contribution in [2.45, 2.75) is 13.1 Å². The standard InChI is InChI=1S/C15H17N5/c1-19-7-6-17-15(19)10-18-14-4-2-3-13(9-14)11-20-8-5-16-12-20/h2-9,12,18H,10-11H2,1H3. The van der Waals surface area contributed by atoms with Crippen molar-refractivity contribution >= 4 is 5.69 Å². The molecule has 5 heteroatoms. The summed E-state index contributed by atoms with van der Waals surface area (Å²) in [5.41, 5.74) is 2.35. The van der Waals surface area contributed by atoms with E-state index in [0.29, 0.717) is 0 Å². The van der Waals surface area contributed by atoms with Gasteiger partial charge in [0.2, 0.25) is 0 Å². The third-order valence-corrected chi connectivity index (χ3v) is 3.22. The van der Waals surface area contributed by atoms with Crippen LogP contribution in [0.4, 0.5) is 5.69 Å². The maximum absolute atomic E-state index is 4.30. The summed E-state index contributed by atoms with van der Waals surface area (Å²) in [6.45, 7) is 1.55. The number of aromatic nitrogens is 4. The van der Waals surface area contributed by atoms with Crippen LogP contribution < -0.4 is 5.32 Å². The maximum Gasteiger partial charge on any atom is 0.127 e. The molecule has 1 N–H and O–H groups in total. The Bertz CT molecular complexity index is 669. The average Bonchev–Trinajstić information content (AvgIpc) is 3.09. The van der Waals surface area contributed by atoms with Gasteiger partial charge in [-0.3, -0.25) is 0 Å².